The van der Waals surface area contributed by atoms with Crippen molar-refractivity contribution in [2.24, 2.45) is 0 Å². The number of hydrogen-bond acceptors (Lipinski definition) is 5. The lowest BCUT2D eigenvalue weighted by molar-refractivity contribution is -0.128. The second-order valence-electron chi connectivity index (χ2n) is 5.42. The number of aromatic nitrogens is 4. The predicted molar refractivity (Wildman–Crippen MR) is 69.9 cm³/mol. The minimum absolute atomic E-state index is 0.232. The molecule has 0 aliphatic carbocycles. The van der Waals surface area contributed by atoms with Crippen LogP contribution in [-0.4, -0.2) is 44.3 Å². The number of piperidine rings is 1. The van der Waals surface area contributed by atoms with Crippen LogP contribution in [0.2, 0.25) is 0 Å². The molecule has 6 nitrogen and oxygen atoms in total. The van der Waals surface area contributed by atoms with Gasteiger partial charge >= 0.3 is 6.18 Å². The monoisotopic (exact) mass is 315 g/mol. The Morgan fingerprint density at radius 3 is 2.73 bits per heavy atom. The zero-order valence-corrected chi connectivity index (χ0v) is 11.8. The molecule has 0 amide bonds. The first-order valence-corrected chi connectivity index (χ1v) is 7.09. The van der Waals surface area contributed by atoms with E-state index in [0.717, 1.165) is 31.8 Å². The third-order valence-electron chi connectivity index (χ3n) is 3.72. The summed E-state index contributed by atoms with van der Waals surface area (Å²) in [6, 6.07) is 0. The molecule has 2 aromatic heterocycles. The van der Waals surface area contributed by atoms with E-state index in [1.54, 1.807) is 6.20 Å². The standard InChI is InChI=1S/C13H16F3N5O/c14-13(15,16)7-10-19-11(22-20-10)8-21-5-1-9(2-6-21)12-17-3-4-18-12/h3-4,9H,1-2,5-8H2,(H,17,18). The van der Waals surface area contributed by atoms with E-state index in [-0.39, 0.29) is 11.7 Å². The number of nitrogens with one attached hydrogen (secondary N) is 1. The molecule has 120 valence electrons. The molecule has 1 aliphatic heterocycles. The minimum atomic E-state index is -4.32. The highest BCUT2D eigenvalue weighted by Crippen LogP contribution is 2.26. The van der Waals surface area contributed by atoms with Crippen molar-refractivity contribution in [3.8, 4) is 0 Å². The van der Waals surface area contributed by atoms with Crippen molar-refractivity contribution in [3.63, 3.8) is 0 Å². The first-order valence-electron chi connectivity index (χ1n) is 7.09. The molecule has 3 heterocycles. The van der Waals surface area contributed by atoms with Gasteiger partial charge in [-0.1, -0.05) is 5.16 Å². The fourth-order valence-corrected chi connectivity index (χ4v) is 2.66. The molecule has 22 heavy (non-hydrogen) atoms. The predicted octanol–water partition coefficient (Wildman–Crippen LogP) is 2.28. The number of rotatable bonds is 4. The quantitative estimate of drug-likeness (QED) is 0.937. The van der Waals surface area contributed by atoms with Gasteiger partial charge in [-0.2, -0.15) is 18.2 Å². The number of hydrogen-bond donors (Lipinski definition) is 1. The minimum Gasteiger partial charge on any atom is -0.348 e. The van der Waals surface area contributed by atoms with Crippen molar-refractivity contribution in [1.82, 2.24) is 25.0 Å². The highest BCUT2D eigenvalue weighted by molar-refractivity contribution is 4.99. The Balaban J connectivity index is 1.50. The molecule has 0 unspecified atom stereocenters. The van der Waals surface area contributed by atoms with Gasteiger partial charge in [-0.05, 0) is 25.9 Å². The van der Waals surface area contributed by atoms with Crippen molar-refractivity contribution in [2.45, 2.75) is 37.9 Å². The number of H-pyrrole nitrogens is 1. The summed E-state index contributed by atoms with van der Waals surface area (Å²) in [6.45, 7) is 2.03. The van der Waals surface area contributed by atoms with Gasteiger partial charge in [0.25, 0.3) is 0 Å². The van der Waals surface area contributed by atoms with E-state index in [1.807, 2.05) is 6.20 Å². The van der Waals surface area contributed by atoms with Gasteiger partial charge in [0.15, 0.2) is 5.82 Å². The lowest BCUT2D eigenvalue weighted by atomic mass is 9.96. The first kappa shape index (κ1) is 15.0. The maximum absolute atomic E-state index is 12.2. The van der Waals surface area contributed by atoms with E-state index in [1.165, 1.54) is 0 Å². The Morgan fingerprint density at radius 1 is 1.32 bits per heavy atom. The van der Waals surface area contributed by atoms with Crippen LogP contribution in [0.15, 0.2) is 16.9 Å². The first-order chi connectivity index (χ1) is 10.5. The lowest BCUT2D eigenvalue weighted by Gasteiger charge is -2.29. The smallest absolute Gasteiger partial charge is 0.348 e. The van der Waals surface area contributed by atoms with Gasteiger partial charge in [-0.15, -0.1) is 0 Å². The van der Waals surface area contributed by atoms with Gasteiger partial charge in [-0.3, -0.25) is 4.90 Å². The molecule has 1 saturated heterocycles. The summed E-state index contributed by atoms with van der Waals surface area (Å²) < 4.78 is 41.6. The fraction of sp³-hybridized carbons (Fsp3) is 0.615. The number of likely N-dealkylation sites (tertiary alicyclic amines) is 1. The number of nitrogens with zero attached hydrogens (tertiary/aromatic N) is 4. The molecule has 0 bridgehead atoms. The molecular formula is C13H16F3N5O. The van der Waals surface area contributed by atoms with Gasteiger partial charge in [0, 0.05) is 18.3 Å². The Labute approximate surface area is 124 Å². The van der Waals surface area contributed by atoms with Crippen molar-refractivity contribution in [1.29, 1.82) is 0 Å². The summed E-state index contributed by atoms with van der Waals surface area (Å²) in [6.07, 6.45) is -0.0433. The van der Waals surface area contributed by atoms with Crippen LogP contribution in [0.25, 0.3) is 0 Å². The van der Waals surface area contributed by atoms with Crippen molar-refractivity contribution >= 4 is 0 Å². The Bertz CT molecular complexity index is 587. The summed E-state index contributed by atoms with van der Waals surface area (Å²) in [5.74, 6) is 1.31. The number of alkyl halides is 3. The second kappa shape index (κ2) is 6.07. The molecular weight excluding hydrogens is 299 g/mol. The molecule has 1 fully saturated rings. The molecule has 1 aliphatic rings. The topological polar surface area (TPSA) is 70.8 Å². The Kier molecular flexibility index (Phi) is 4.14. The van der Waals surface area contributed by atoms with Crippen LogP contribution in [0.3, 0.4) is 0 Å². The normalized spacial score (nSPS) is 18.0. The van der Waals surface area contributed by atoms with E-state index < -0.39 is 12.6 Å². The van der Waals surface area contributed by atoms with Gasteiger partial charge in [0.05, 0.1) is 6.54 Å². The number of aromatic amines is 1. The van der Waals surface area contributed by atoms with Crippen LogP contribution in [0.5, 0.6) is 0 Å². The Hall–Kier alpha value is -1.90. The largest absolute Gasteiger partial charge is 0.396 e. The van der Waals surface area contributed by atoms with Crippen LogP contribution in [0.1, 0.15) is 36.3 Å². The van der Waals surface area contributed by atoms with E-state index in [9.17, 15) is 13.2 Å². The zero-order chi connectivity index (χ0) is 15.6. The van der Waals surface area contributed by atoms with Crippen LogP contribution < -0.4 is 0 Å². The van der Waals surface area contributed by atoms with Crippen LogP contribution in [0.4, 0.5) is 13.2 Å². The van der Waals surface area contributed by atoms with Gasteiger partial charge < -0.3 is 9.51 Å². The summed E-state index contributed by atoms with van der Waals surface area (Å²) >= 11 is 0. The van der Waals surface area contributed by atoms with E-state index in [4.69, 9.17) is 4.52 Å². The molecule has 0 spiro atoms. The summed E-state index contributed by atoms with van der Waals surface area (Å²) in [7, 11) is 0. The summed E-state index contributed by atoms with van der Waals surface area (Å²) in [5.41, 5.74) is 0. The fourth-order valence-electron chi connectivity index (χ4n) is 2.66. The van der Waals surface area contributed by atoms with Crippen molar-refractivity contribution in [3.05, 3.63) is 29.9 Å². The average Bonchev–Trinajstić information content (AvgIpc) is 3.10. The van der Waals surface area contributed by atoms with Crippen LogP contribution in [0, 0.1) is 0 Å². The van der Waals surface area contributed by atoms with Crippen molar-refractivity contribution in [2.75, 3.05) is 13.1 Å². The van der Waals surface area contributed by atoms with Crippen molar-refractivity contribution < 1.29 is 17.7 Å². The molecule has 0 atom stereocenters. The lowest BCUT2D eigenvalue weighted by Crippen LogP contribution is -2.32. The highest BCUT2D eigenvalue weighted by Gasteiger charge is 2.31. The molecule has 2 aromatic rings. The highest BCUT2D eigenvalue weighted by atomic mass is 19.4. The molecule has 0 aromatic carbocycles. The van der Waals surface area contributed by atoms with E-state index in [2.05, 4.69) is 25.0 Å². The third kappa shape index (κ3) is 3.85. The number of halogens is 3. The van der Waals surface area contributed by atoms with Gasteiger partial charge in [-0.25, -0.2) is 4.98 Å². The molecule has 0 radical (unpaired) electrons. The van der Waals surface area contributed by atoms with E-state index in [0.29, 0.717) is 12.5 Å². The second-order valence-corrected chi connectivity index (χ2v) is 5.42. The molecule has 9 heteroatoms. The maximum Gasteiger partial charge on any atom is 0.396 e. The number of imidazole rings is 1. The van der Waals surface area contributed by atoms with Crippen LogP contribution in [-0.2, 0) is 13.0 Å². The molecule has 1 N–H and O–H groups in total. The van der Waals surface area contributed by atoms with Crippen LogP contribution >= 0.6 is 0 Å². The SMILES string of the molecule is FC(F)(F)Cc1noc(CN2CCC(c3ncc[nH]3)CC2)n1. The Morgan fingerprint density at radius 2 is 2.09 bits per heavy atom. The summed E-state index contributed by atoms with van der Waals surface area (Å²) in [4.78, 5) is 13.3. The molecule has 3 rings (SSSR count). The summed E-state index contributed by atoms with van der Waals surface area (Å²) in [5, 5.41) is 3.37. The molecule has 0 saturated carbocycles. The van der Waals surface area contributed by atoms with Gasteiger partial charge in [0.1, 0.15) is 12.2 Å². The van der Waals surface area contributed by atoms with Gasteiger partial charge in [0.2, 0.25) is 5.89 Å². The van der Waals surface area contributed by atoms with E-state index >= 15 is 0 Å². The maximum atomic E-state index is 12.2. The zero-order valence-electron chi connectivity index (χ0n) is 11.8. The third-order valence-corrected chi connectivity index (χ3v) is 3.72. The average molecular weight is 315 g/mol.